The van der Waals surface area contributed by atoms with E-state index >= 15 is 0 Å². The normalized spacial score (nSPS) is 21.5. The molecule has 1 heterocycles. The fourth-order valence-electron chi connectivity index (χ4n) is 2.30. The van der Waals surface area contributed by atoms with Crippen LogP contribution in [0.15, 0.2) is 11.8 Å². The van der Waals surface area contributed by atoms with Gasteiger partial charge in [-0.25, -0.2) is 0 Å². The lowest BCUT2D eigenvalue weighted by Gasteiger charge is -2.35. The van der Waals surface area contributed by atoms with Crippen LogP contribution in [0.5, 0.6) is 0 Å². The summed E-state index contributed by atoms with van der Waals surface area (Å²) in [4.78, 5) is 12.2. The minimum absolute atomic E-state index is 0.0224. The Bertz CT molecular complexity index is 389. The van der Waals surface area contributed by atoms with Gasteiger partial charge in [-0.3, -0.25) is 4.79 Å². The molecule has 6 nitrogen and oxygen atoms in total. The molecule has 0 unspecified atom stereocenters. The van der Waals surface area contributed by atoms with Crippen LogP contribution in [0.4, 0.5) is 0 Å². The van der Waals surface area contributed by atoms with Gasteiger partial charge in [0.15, 0.2) is 5.76 Å². The molecule has 0 bridgehead atoms. The number of carbonyl (C=O) groups is 1. The van der Waals surface area contributed by atoms with Gasteiger partial charge in [-0.1, -0.05) is 20.8 Å². The Kier molecular flexibility index (Phi) is 8.58. The van der Waals surface area contributed by atoms with E-state index in [1.165, 1.54) is 0 Å². The van der Waals surface area contributed by atoms with E-state index in [4.69, 9.17) is 19.3 Å². The van der Waals surface area contributed by atoms with Gasteiger partial charge in [0, 0.05) is 26.7 Å². The average molecular weight is 329 g/mol. The number of aliphatic hydroxyl groups is 1. The zero-order chi connectivity index (χ0) is 17.3. The predicted octanol–water partition coefficient (Wildman–Crippen LogP) is 1.83. The summed E-state index contributed by atoms with van der Waals surface area (Å²) in [6.07, 6.45) is 3.67. The van der Waals surface area contributed by atoms with Gasteiger partial charge in [0.25, 0.3) is 5.91 Å². The summed E-state index contributed by atoms with van der Waals surface area (Å²) in [5.41, 5.74) is 0.0224. The first kappa shape index (κ1) is 19.9. The first-order valence-corrected chi connectivity index (χ1v) is 8.26. The van der Waals surface area contributed by atoms with Gasteiger partial charge < -0.3 is 24.6 Å². The van der Waals surface area contributed by atoms with Gasteiger partial charge in [-0.15, -0.1) is 0 Å². The second kappa shape index (κ2) is 9.90. The number of rotatable bonds is 9. The predicted molar refractivity (Wildman–Crippen MR) is 87.7 cm³/mol. The molecule has 1 aliphatic rings. The fraction of sp³-hybridized carbons (Fsp3) is 0.824. The largest absolute Gasteiger partial charge is 0.459 e. The summed E-state index contributed by atoms with van der Waals surface area (Å²) in [7, 11) is 1.59. The lowest BCUT2D eigenvalue weighted by atomic mass is 9.77. The van der Waals surface area contributed by atoms with Crippen molar-refractivity contribution in [2.45, 2.75) is 46.3 Å². The molecular formula is C17H31NO5. The molecule has 0 saturated heterocycles. The number of unbranched alkanes of at least 4 members (excludes halogenated alkanes) is 1. The topological polar surface area (TPSA) is 77.0 Å². The van der Waals surface area contributed by atoms with Gasteiger partial charge >= 0.3 is 0 Å². The van der Waals surface area contributed by atoms with E-state index in [9.17, 15) is 4.79 Å². The molecule has 134 valence electrons. The van der Waals surface area contributed by atoms with Crippen molar-refractivity contribution in [3.63, 3.8) is 0 Å². The standard InChI is InChI=1S/C17H31NO5/c1-17(2,3)13-11-14(16(20)18-7-10-21-4)23-15(12-13)22-9-6-5-8-19/h11,13,15,19H,5-10,12H2,1-4H3,(H,18,20)/t13-,15+/m0/s1. The van der Waals surface area contributed by atoms with Crippen LogP contribution >= 0.6 is 0 Å². The van der Waals surface area contributed by atoms with Crippen LogP contribution < -0.4 is 5.32 Å². The molecule has 2 atom stereocenters. The SMILES string of the molecule is COCCNC(=O)C1=C[C@H](C(C)(C)C)C[C@H](OCCCCO)O1. The van der Waals surface area contributed by atoms with E-state index in [1.54, 1.807) is 7.11 Å². The lowest BCUT2D eigenvalue weighted by molar-refractivity contribution is -0.153. The third-order valence-electron chi connectivity index (χ3n) is 3.84. The fourth-order valence-corrected chi connectivity index (χ4v) is 2.30. The summed E-state index contributed by atoms with van der Waals surface area (Å²) < 4.78 is 16.4. The van der Waals surface area contributed by atoms with Crippen LogP contribution in [-0.4, -0.2) is 50.8 Å². The molecule has 0 aromatic heterocycles. The number of ether oxygens (including phenoxy) is 3. The Morgan fingerprint density at radius 2 is 2.13 bits per heavy atom. The molecule has 0 aromatic rings. The second-order valence-corrected chi connectivity index (χ2v) is 6.84. The van der Waals surface area contributed by atoms with E-state index in [0.29, 0.717) is 31.9 Å². The molecule has 1 aliphatic heterocycles. The number of hydrogen-bond acceptors (Lipinski definition) is 5. The number of carbonyl (C=O) groups excluding carboxylic acids is 1. The smallest absolute Gasteiger partial charge is 0.286 e. The number of nitrogens with one attached hydrogen (secondary N) is 1. The Morgan fingerprint density at radius 3 is 2.74 bits per heavy atom. The highest BCUT2D eigenvalue weighted by atomic mass is 16.7. The number of aliphatic hydroxyl groups excluding tert-OH is 1. The van der Waals surface area contributed by atoms with Gasteiger partial charge in [-0.05, 0) is 30.3 Å². The Balaban J connectivity index is 2.65. The molecule has 0 fully saturated rings. The molecule has 2 N–H and O–H groups in total. The van der Waals surface area contributed by atoms with E-state index in [2.05, 4.69) is 26.1 Å². The van der Waals surface area contributed by atoms with Gasteiger partial charge in [0.1, 0.15) is 0 Å². The van der Waals surface area contributed by atoms with Gasteiger partial charge in [0.05, 0.1) is 13.2 Å². The number of methoxy groups -OCH3 is 1. The van der Waals surface area contributed by atoms with E-state index in [0.717, 1.165) is 12.8 Å². The maximum atomic E-state index is 12.2. The third kappa shape index (κ3) is 7.33. The first-order chi connectivity index (χ1) is 10.9. The minimum atomic E-state index is -0.425. The summed E-state index contributed by atoms with van der Waals surface area (Å²) in [6.45, 7) is 8.00. The van der Waals surface area contributed by atoms with Crippen molar-refractivity contribution in [2.75, 3.05) is 33.5 Å². The van der Waals surface area contributed by atoms with Crippen LogP contribution in [0.3, 0.4) is 0 Å². The number of allylic oxidation sites excluding steroid dienone is 1. The highest BCUT2D eigenvalue weighted by Gasteiger charge is 2.33. The van der Waals surface area contributed by atoms with Crippen molar-refractivity contribution in [1.82, 2.24) is 5.32 Å². The maximum Gasteiger partial charge on any atom is 0.286 e. The van der Waals surface area contributed by atoms with Crippen molar-refractivity contribution < 1.29 is 24.1 Å². The Morgan fingerprint density at radius 1 is 1.39 bits per heavy atom. The quantitative estimate of drug-likeness (QED) is 0.631. The van der Waals surface area contributed by atoms with Crippen molar-refractivity contribution in [3.05, 3.63) is 11.8 Å². The second-order valence-electron chi connectivity index (χ2n) is 6.84. The average Bonchev–Trinajstić information content (AvgIpc) is 2.50. The lowest BCUT2D eigenvalue weighted by Crippen LogP contribution is -2.37. The van der Waals surface area contributed by atoms with E-state index in [1.807, 2.05) is 6.08 Å². The van der Waals surface area contributed by atoms with Crippen LogP contribution in [0.1, 0.15) is 40.0 Å². The van der Waals surface area contributed by atoms with E-state index < -0.39 is 6.29 Å². The highest BCUT2D eigenvalue weighted by molar-refractivity contribution is 5.91. The van der Waals surface area contributed by atoms with Gasteiger partial charge in [-0.2, -0.15) is 0 Å². The third-order valence-corrected chi connectivity index (χ3v) is 3.84. The highest BCUT2D eigenvalue weighted by Crippen LogP contribution is 2.36. The minimum Gasteiger partial charge on any atom is -0.459 e. The van der Waals surface area contributed by atoms with E-state index in [-0.39, 0.29) is 23.8 Å². The molecule has 6 heteroatoms. The molecule has 0 aliphatic carbocycles. The first-order valence-electron chi connectivity index (χ1n) is 8.26. The monoisotopic (exact) mass is 329 g/mol. The molecular weight excluding hydrogens is 298 g/mol. The van der Waals surface area contributed by atoms with Gasteiger partial charge in [0.2, 0.25) is 6.29 Å². The maximum absolute atomic E-state index is 12.2. The molecule has 0 spiro atoms. The van der Waals surface area contributed by atoms with Crippen LogP contribution in [0.25, 0.3) is 0 Å². The molecule has 0 aromatic carbocycles. The number of hydrogen-bond donors (Lipinski definition) is 2. The molecule has 1 rings (SSSR count). The zero-order valence-corrected chi connectivity index (χ0v) is 14.8. The Labute approximate surface area is 139 Å². The molecule has 23 heavy (non-hydrogen) atoms. The van der Waals surface area contributed by atoms with Crippen LogP contribution in [0.2, 0.25) is 0 Å². The number of amides is 1. The van der Waals surface area contributed by atoms with Crippen LogP contribution in [-0.2, 0) is 19.0 Å². The zero-order valence-electron chi connectivity index (χ0n) is 14.8. The van der Waals surface area contributed by atoms with Crippen molar-refractivity contribution in [1.29, 1.82) is 0 Å². The summed E-state index contributed by atoms with van der Waals surface area (Å²) in [6, 6.07) is 0. The molecule has 0 radical (unpaired) electrons. The summed E-state index contributed by atoms with van der Waals surface area (Å²) in [5.74, 6) is 0.279. The van der Waals surface area contributed by atoms with Crippen molar-refractivity contribution in [2.24, 2.45) is 11.3 Å². The summed E-state index contributed by atoms with van der Waals surface area (Å²) in [5, 5.41) is 11.6. The summed E-state index contributed by atoms with van der Waals surface area (Å²) >= 11 is 0. The van der Waals surface area contributed by atoms with Crippen LogP contribution in [0, 0.1) is 11.3 Å². The molecule has 0 saturated carbocycles. The van der Waals surface area contributed by atoms with Crippen molar-refractivity contribution >= 4 is 5.91 Å². The molecule has 1 amide bonds. The Hall–Kier alpha value is -1.11. The van der Waals surface area contributed by atoms with Crippen molar-refractivity contribution in [3.8, 4) is 0 Å².